The number of hydrogen-bond acceptors (Lipinski definition) is 2. The predicted octanol–water partition coefficient (Wildman–Crippen LogP) is 3.59. The Morgan fingerprint density at radius 1 is 0.952 bits per heavy atom. The van der Waals surface area contributed by atoms with E-state index in [1.807, 2.05) is 4.90 Å². The van der Waals surface area contributed by atoms with Gasteiger partial charge in [0.15, 0.2) is 0 Å². The summed E-state index contributed by atoms with van der Waals surface area (Å²) in [6.07, 6.45) is 12.2. The molecule has 4 heteroatoms. The van der Waals surface area contributed by atoms with Gasteiger partial charge in [-0.3, -0.25) is 9.59 Å². The van der Waals surface area contributed by atoms with Gasteiger partial charge in [-0.25, -0.2) is 0 Å². The first-order chi connectivity index (χ1) is 10.2. The molecule has 120 valence electrons. The average Bonchev–Trinajstić information content (AvgIpc) is 2.74. The quantitative estimate of drug-likeness (QED) is 0.788. The van der Waals surface area contributed by atoms with Gasteiger partial charge in [0.05, 0.1) is 0 Å². The second-order valence-corrected chi connectivity index (χ2v) is 6.73. The van der Waals surface area contributed by atoms with E-state index in [-0.39, 0.29) is 18.4 Å². The summed E-state index contributed by atoms with van der Waals surface area (Å²) in [6.45, 7) is 0.829. The monoisotopic (exact) mass is 295 g/mol. The van der Waals surface area contributed by atoms with Crippen molar-refractivity contribution in [3.63, 3.8) is 0 Å². The summed E-state index contributed by atoms with van der Waals surface area (Å²) in [5, 5.41) is 8.86. The van der Waals surface area contributed by atoms with Gasteiger partial charge in [-0.1, -0.05) is 25.7 Å². The lowest BCUT2D eigenvalue weighted by atomic mass is 9.93. The second-order valence-electron chi connectivity index (χ2n) is 6.73. The number of nitrogens with zero attached hydrogens (tertiary/aromatic N) is 1. The molecule has 0 bridgehead atoms. The molecule has 1 atom stereocenters. The molecule has 2 rings (SSSR count). The van der Waals surface area contributed by atoms with Crippen LogP contribution in [-0.4, -0.2) is 34.5 Å². The van der Waals surface area contributed by atoms with Crippen LogP contribution in [0.1, 0.15) is 77.0 Å². The molecule has 21 heavy (non-hydrogen) atoms. The summed E-state index contributed by atoms with van der Waals surface area (Å²) in [6, 6.07) is 0.160. The van der Waals surface area contributed by atoms with Gasteiger partial charge in [0.2, 0.25) is 5.91 Å². The Morgan fingerprint density at radius 3 is 2.29 bits per heavy atom. The maximum atomic E-state index is 12.6. The van der Waals surface area contributed by atoms with Crippen LogP contribution < -0.4 is 0 Å². The van der Waals surface area contributed by atoms with Crippen molar-refractivity contribution in [3.8, 4) is 0 Å². The number of carboxylic acids is 1. The van der Waals surface area contributed by atoms with Gasteiger partial charge in [0, 0.05) is 25.4 Å². The smallest absolute Gasteiger partial charge is 0.303 e. The zero-order chi connectivity index (χ0) is 15.1. The van der Waals surface area contributed by atoms with E-state index in [1.54, 1.807) is 0 Å². The van der Waals surface area contributed by atoms with Gasteiger partial charge >= 0.3 is 5.97 Å². The van der Waals surface area contributed by atoms with E-state index in [0.29, 0.717) is 18.8 Å². The van der Waals surface area contributed by atoms with E-state index in [0.717, 1.165) is 25.8 Å². The third-order valence-electron chi connectivity index (χ3n) is 5.08. The summed E-state index contributed by atoms with van der Waals surface area (Å²) in [4.78, 5) is 25.4. The molecule has 2 aliphatic rings. The highest BCUT2D eigenvalue weighted by Gasteiger charge is 2.28. The topological polar surface area (TPSA) is 57.6 Å². The van der Waals surface area contributed by atoms with E-state index in [9.17, 15) is 9.59 Å². The fourth-order valence-electron chi connectivity index (χ4n) is 3.85. The Bertz CT molecular complexity index is 348. The molecule has 0 aromatic heterocycles. The molecule has 1 heterocycles. The molecule has 1 amide bonds. The molecule has 1 aliphatic carbocycles. The third kappa shape index (κ3) is 5.33. The van der Waals surface area contributed by atoms with Crippen LogP contribution in [0.3, 0.4) is 0 Å². The number of likely N-dealkylation sites (tertiary alicyclic amines) is 1. The van der Waals surface area contributed by atoms with Crippen LogP contribution in [0.25, 0.3) is 0 Å². The molecule has 1 saturated carbocycles. The molecular formula is C17H29NO3. The standard InChI is InChI=1S/C17H29NO3/c19-16(13-14-7-3-1-2-4-8-14)18-12-6-5-9-15(18)10-11-17(20)21/h14-15H,1-13H2,(H,20,21). The van der Waals surface area contributed by atoms with Crippen LogP contribution >= 0.6 is 0 Å². The number of hydrogen-bond donors (Lipinski definition) is 1. The Morgan fingerprint density at radius 2 is 1.62 bits per heavy atom. The first-order valence-corrected chi connectivity index (χ1v) is 8.68. The van der Waals surface area contributed by atoms with Gasteiger partial charge in [-0.2, -0.15) is 0 Å². The van der Waals surface area contributed by atoms with Gasteiger partial charge in [-0.05, 0) is 44.4 Å². The highest BCUT2D eigenvalue weighted by atomic mass is 16.4. The van der Waals surface area contributed by atoms with Crippen LogP contribution in [0.15, 0.2) is 0 Å². The lowest BCUT2D eigenvalue weighted by Crippen LogP contribution is -2.44. The molecule has 0 aromatic carbocycles. The van der Waals surface area contributed by atoms with E-state index in [4.69, 9.17) is 5.11 Å². The Labute approximate surface area is 127 Å². The van der Waals surface area contributed by atoms with E-state index in [1.165, 1.54) is 38.5 Å². The molecule has 1 unspecified atom stereocenters. The minimum absolute atomic E-state index is 0.160. The van der Waals surface area contributed by atoms with Gasteiger partial charge < -0.3 is 10.0 Å². The van der Waals surface area contributed by atoms with Crippen molar-refractivity contribution in [1.82, 2.24) is 4.90 Å². The van der Waals surface area contributed by atoms with Crippen LogP contribution in [0.5, 0.6) is 0 Å². The minimum atomic E-state index is -0.753. The summed E-state index contributed by atoms with van der Waals surface area (Å²) in [5.41, 5.74) is 0. The summed E-state index contributed by atoms with van der Waals surface area (Å²) in [5.74, 6) is 0.0794. The van der Waals surface area contributed by atoms with Crippen LogP contribution in [0.4, 0.5) is 0 Å². The summed E-state index contributed by atoms with van der Waals surface area (Å²) in [7, 11) is 0. The Hall–Kier alpha value is -1.06. The molecule has 0 aromatic rings. The minimum Gasteiger partial charge on any atom is -0.481 e. The molecular weight excluding hydrogens is 266 g/mol. The predicted molar refractivity (Wildman–Crippen MR) is 82.0 cm³/mol. The van der Waals surface area contributed by atoms with Crippen molar-refractivity contribution in [2.75, 3.05) is 6.54 Å². The number of amides is 1. The number of aliphatic carboxylic acids is 1. The maximum Gasteiger partial charge on any atom is 0.303 e. The largest absolute Gasteiger partial charge is 0.481 e. The first-order valence-electron chi connectivity index (χ1n) is 8.68. The summed E-state index contributed by atoms with van der Waals surface area (Å²) >= 11 is 0. The number of carboxylic acid groups (broad SMARTS) is 1. The number of carbonyl (C=O) groups excluding carboxylic acids is 1. The van der Waals surface area contributed by atoms with Crippen molar-refractivity contribution >= 4 is 11.9 Å². The third-order valence-corrected chi connectivity index (χ3v) is 5.08. The molecule has 0 radical (unpaired) electrons. The fourth-order valence-corrected chi connectivity index (χ4v) is 3.85. The highest BCUT2D eigenvalue weighted by molar-refractivity contribution is 5.77. The van der Waals surface area contributed by atoms with Crippen molar-refractivity contribution in [2.45, 2.75) is 83.1 Å². The molecule has 0 spiro atoms. The van der Waals surface area contributed by atoms with Crippen molar-refractivity contribution in [3.05, 3.63) is 0 Å². The lowest BCUT2D eigenvalue weighted by molar-refractivity contribution is -0.140. The van der Waals surface area contributed by atoms with Crippen molar-refractivity contribution < 1.29 is 14.7 Å². The van der Waals surface area contributed by atoms with Gasteiger partial charge in [-0.15, -0.1) is 0 Å². The zero-order valence-electron chi connectivity index (χ0n) is 13.1. The van der Waals surface area contributed by atoms with Crippen molar-refractivity contribution in [1.29, 1.82) is 0 Å². The lowest BCUT2D eigenvalue weighted by Gasteiger charge is -2.36. The van der Waals surface area contributed by atoms with Crippen LogP contribution in [-0.2, 0) is 9.59 Å². The SMILES string of the molecule is O=C(O)CCC1CCCCN1C(=O)CC1CCCCCC1. The fraction of sp³-hybridized carbons (Fsp3) is 0.882. The number of piperidine rings is 1. The van der Waals surface area contributed by atoms with Gasteiger partial charge in [0.25, 0.3) is 0 Å². The second kappa shape index (κ2) is 8.40. The van der Waals surface area contributed by atoms with Crippen molar-refractivity contribution in [2.24, 2.45) is 5.92 Å². The number of carbonyl (C=O) groups is 2. The van der Waals surface area contributed by atoms with Crippen LogP contribution in [0, 0.1) is 5.92 Å². The van der Waals surface area contributed by atoms with Gasteiger partial charge in [0.1, 0.15) is 0 Å². The first kappa shape index (κ1) is 16.3. The average molecular weight is 295 g/mol. The Balaban J connectivity index is 1.86. The number of rotatable bonds is 5. The Kier molecular flexibility index (Phi) is 6.52. The van der Waals surface area contributed by atoms with E-state index < -0.39 is 5.97 Å². The normalized spacial score (nSPS) is 24.6. The molecule has 2 fully saturated rings. The van der Waals surface area contributed by atoms with Crippen LogP contribution in [0.2, 0.25) is 0 Å². The zero-order valence-corrected chi connectivity index (χ0v) is 13.1. The maximum absolute atomic E-state index is 12.6. The molecule has 1 saturated heterocycles. The molecule has 1 N–H and O–H groups in total. The molecule has 1 aliphatic heterocycles. The summed E-state index contributed by atoms with van der Waals surface area (Å²) < 4.78 is 0. The van der Waals surface area contributed by atoms with E-state index >= 15 is 0 Å². The highest BCUT2D eigenvalue weighted by Crippen LogP contribution is 2.28. The van der Waals surface area contributed by atoms with E-state index in [2.05, 4.69) is 0 Å². The molecule has 4 nitrogen and oxygen atoms in total.